The van der Waals surface area contributed by atoms with Gasteiger partial charge in [0.15, 0.2) is 0 Å². The minimum atomic E-state index is -2.82. The molecule has 1 aliphatic carbocycles. The van der Waals surface area contributed by atoms with Crippen LogP contribution in [0.4, 0.5) is 0 Å². The van der Waals surface area contributed by atoms with Gasteiger partial charge in [0.25, 0.3) is 0 Å². The lowest BCUT2D eigenvalue weighted by Crippen LogP contribution is -2.46. The van der Waals surface area contributed by atoms with Crippen LogP contribution >= 0.6 is 0 Å². The summed E-state index contributed by atoms with van der Waals surface area (Å²) in [6, 6.07) is 0.452. The van der Waals surface area contributed by atoms with Crippen LogP contribution in [0.2, 0.25) is 0 Å². The third kappa shape index (κ3) is 4.39. The van der Waals surface area contributed by atoms with E-state index < -0.39 is 9.84 Å². The van der Waals surface area contributed by atoms with Crippen LogP contribution in [0.25, 0.3) is 0 Å². The van der Waals surface area contributed by atoms with Crippen LogP contribution in [0.15, 0.2) is 0 Å². The Morgan fingerprint density at radius 3 is 2.57 bits per heavy atom. The van der Waals surface area contributed by atoms with E-state index >= 15 is 0 Å². The molecule has 0 spiro atoms. The molecule has 0 aromatic rings. The molecule has 1 N–H and O–H groups in total. The summed E-state index contributed by atoms with van der Waals surface area (Å²) in [5.74, 6) is 0.225. The Bertz CT molecular complexity index is 257. The van der Waals surface area contributed by atoms with Gasteiger partial charge < -0.3 is 10.1 Å². The summed E-state index contributed by atoms with van der Waals surface area (Å²) in [5.41, 5.74) is 0. The van der Waals surface area contributed by atoms with E-state index in [4.69, 9.17) is 4.74 Å². The molecule has 0 heterocycles. The molecule has 1 rings (SSSR count). The van der Waals surface area contributed by atoms with Gasteiger partial charge in [-0.15, -0.1) is 0 Å². The monoisotopic (exact) mass is 221 g/mol. The Labute approximate surface area is 85.9 Å². The summed E-state index contributed by atoms with van der Waals surface area (Å²) < 4.78 is 27.0. The summed E-state index contributed by atoms with van der Waals surface area (Å²) in [4.78, 5) is 0. The maximum atomic E-state index is 10.8. The minimum absolute atomic E-state index is 0.225. The zero-order chi connectivity index (χ0) is 10.6. The van der Waals surface area contributed by atoms with Gasteiger partial charge in [0, 0.05) is 25.4 Å². The van der Waals surface area contributed by atoms with Gasteiger partial charge in [-0.1, -0.05) is 0 Å². The lowest BCUT2D eigenvalue weighted by atomic mass is 9.89. The van der Waals surface area contributed by atoms with Crippen molar-refractivity contribution in [1.29, 1.82) is 0 Å². The van der Waals surface area contributed by atoms with E-state index in [-0.39, 0.29) is 5.75 Å². The van der Waals surface area contributed by atoms with Crippen molar-refractivity contribution in [3.8, 4) is 0 Å². The van der Waals surface area contributed by atoms with Gasteiger partial charge in [0.2, 0.25) is 0 Å². The fourth-order valence-corrected chi connectivity index (χ4v) is 2.04. The number of nitrogens with one attached hydrogen (secondary N) is 1. The van der Waals surface area contributed by atoms with E-state index in [1.165, 1.54) is 6.26 Å². The first-order valence-corrected chi connectivity index (χ1v) is 7.10. The lowest BCUT2D eigenvalue weighted by Gasteiger charge is -2.35. The van der Waals surface area contributed by atoms with Crippen molar-refractivity contribution >= 4 is 9.84 Å². The Balaban J connectivity index is 2.01. The highest BCUT2D eigenvalue weighted by Crippen LogP contribution is 2.22. The summed E-state index contributed by atoms with van der Waals surface area (Å²) in [6.45, 7) is 3.31. The molecule has 5 heteroatoms. The highest BCUT2D eigenvalue weighted by molar-refractivity contribution is 7.90. The van der Waals surface area contributed by atoms with Crippen LogP contribution in [-0.2, 0) is 14.6 Å². The Hall–Kier alpha value is -0.130. The maximum absolute atomic E-state index is 10.8. The average molecular weight is 221 g/mol. The van der Waals surface area contributed by atoms with Crippen molar-refractivity contribution < 1.29 is 13.2 Å². The smallest absolute Gasteiger partial charge is 0.148 e. The molecule has 0 bridgehead atoms. The molecule has 0 saturated heterocycles. The van der Waals surface area contributed by atoms with Crippen LogP contribution in [-0.4, -0.2) is 45.7 Å². The molecule has 0 unspecified atom stereocenters. The van der Waals surface area contributed by atoms with Crippen molar-refractivity contribution in [3.05, 3.63) is 0 Å². The minimum Gasteiger partial charge on any atom is -0.378 e. The van der Waals surface area contributed by atoms with Crippen molar-refractivity contribution in [1.82, 2.24) is 5.32 Å². The second-order valence-corrected chi connectivity index (χ2v) is 6.09. The Morgan fingerprint density at radius 1 is 1.43 bits per heavy atom. The van der Waals surface area contributed by atoms with Gasteiger partial charge in [-0.25, -0.2) is 8.42 Å². The number of ether oxygens (including phenoxy) is 1. The number of rotatable bonds is 6. The largest absolute Gasteiger partial charge is 0.378 e. The Kier molecular flexibility index (Phi) is 4.34. The summed E-state index contributed by atoms with van der Waals surface area (Å²) in [6.07, 6.45) is 3.67. The molecular formula is C9H19NO3S. The summed E-state index contributed by atoms with van der Waals surface area (Å²) in [7, 11) is -2.82. The molecule has 0 aromatic heterocycles. The Morgan fingerprint density at radius 2 is 2.07 bits per heavy atom. The first-order valence-electron chi connectivity index (χ1n) is 5.04. The third-order valence-electron chi connectivity index (χ3n) is 2.40. The quantitative estimate of drug-likeness (QED) is 0.695. The van der Waals surface area contributed by atoms with Crippen LogP contribution in [0.3, 0.4) is 0 Å². The molecule has 0 atom stereocenters. The molecule has 0 aliphatic heterocycles. The van der Waals surface area contributed by atoms with Gasteiger partial charge in [-0.2, -0.15) is 0 Å². The van der Waals surface area contributed by atoms with Gasteiger partial charge in [0.1, 0.15) is 9.84 Å². The number of sulfone groups is 1. The summed E-state index contributed by atoms with van der Waals surface area (Å²) >= 11 is 0. The number of hydrogen-bond donors (Lipinski definition) is 1. The predicted molar refractivity (Wildman–Crippen MR) is 56.1 cm³/mol. The van der Waals surface area contributed by atoms with Crippen LogP contribution in [0, 0.1) is 0 Å². The van der Waals surface area contributed by atoms with E-state index in [9.17, 15) is 8.42 Å². The fourth-order valence-electron chi connectivity index (χ4n) is 1.55. The van der Waals surface area contributed by atoms with Crippen molar-refractivity contribution in [2.24, 2.45) is 0 Å². The van der Waals surface area contributed by atoms with E-state index in [1.54, 1.807) is 0 Å². The van der Waals surface area contributed by atoms with E-state index in [1.807, 2.05) is 6.92 Å². The standard InChI is InChI=1S/C9H19NO3S/c1-3-13-9-6-8(7-9)10-4-5-14(2,11)12/h8-10H,3-7H2,1-2H3. The molecule has 84 valence electrons. The zero-order valence-corrected chi connectivity index (χ0v) is 9.64. The predicted octanol–water partition coefficient (Wildman–Crippen LogP) is 0.188. The highest BCUT2D eigenvalue weighted by atomic mass is 32.2. The first kappa shape index (κ1) is 11.9. The normalized spacial score (nSPS) is 27.3. The van der Waals surface area contributed by atoms with Crippen LogP contribution in [0.5, 0.6) is 0 Å². The van der Waals surface area contributed by atoms with Crippen LogP contribution < -0.4 is 5.32 Å². The molecular weight excluding hydrogens is 202 g/mol. The van der Waals surface area contributed by atoms with Crippen LogP contribution in [0.1, 0.15) is 19.8 Å². The molecule has 0 amide bonds. The lowest BCUT2D eigenvalue weighted by molar-refractivity contribution is -0.00930. The van der Waals surface area contributed by atoms with E-state index in [0.29, 0.717) is 18.7 Å². The zero-order valence-electron chi connectivity index (χ0n) is 8.82. The van der Waals surface area contributed by atoms with E-state index in [0.717, 1.165) is 19.4 Å². The molecule has 0 aromatic carbocycles. The molecule has 4 nitrogen and oxygen atoms in total. The van der Waals surface area contributed by atoms with E-state index in [2.05, 4.69) is 5.32 Å². The molecule has 1 fully saturated rings. The molecule has 1 aliphatic rings. The van der Waals surface area contributed by atoms with Crippen molar-refractivity contribution in [3.63, 3.8) is 0 Å². The summed E-state index contributed by atoms with van der Waals surface area (Å²) in [5, 5.41) is 3.20. The maximum Gasteiger partial charge on any atom is 0.148 e. The topological polar surface area (TPSA) is 55.4 Å². The van der Waals surface area contributed by atoms with Gasteiger partial charge >= 0.3 is 0 Å². The average Bonchev–Trinajstić information content (AvgIpc) is 1.97. The second kappa shape index (κ2) is 5.09. The second-order valence-electron chi connectivity index (χ2n) is 3.83. The molecule has 0 radical (unpaired) electrons. The SMILES string of the molecule is CCOC1CC(NCCS(C)(=O)=O)C1. The molecule has 1 saturated carbocycles. The fraction of sp³-hybridized carbons (Fsp3) is 1.00. The first-order chi connectivity index (χ1) is 6.51. The molecule has 14 heavy (non-hydrogen) atoms. The van der Waals surface area contributed by atoms with Gasteiger partial charge in [-0.05, 0) is 19.8 Å². The van der Waals surface area contributed by atoms with Crippen molar-refractivity contribution in [2.75, 3.05) is 25.2 Å². The van der Waals surface area contributed by atoms with Gasteiger partial charge in [0.05, 0.1) is 11.9 Å². The van der Waals surface area contributed by atoms with Crippen molar-refractivity contribution in [2.45, 2.75) is 31.9 Å². The van der Waals surface area contributed by atoms with Gasteiger partial charge in [-0.3, -0.25) is 0 Å². The third-order valence-corrected chi connectivity index (χ3v) is 3.35. The number of hydrogen-bond acceptors (Lipinski definition) is 4. The highest BCUT2D eigenvalue weighted by Gasteiger charge is 2.28.